The summed E-state index contributed by atoms with van der Waals surface area (Å²) in [5, 5.41) is 5.23. The Kier molecular flexibility index (Phi) is 13.0. The van der Waals surface area contributed by atoms with Crippen molar-refractivity contribution in [3.8, 4) is 0 Å². The molecule has 0 saturated carbocycles. The first-order valence-corrected chi connectivity index (χ1v) is 6.37. The maximum Gasteiger partial charge on any atom is 0.411 e. The molecule has 22 heavy (non-hydrogen) atoms. The van der Waals surface area contributed by atoms with Crippen LogP contribution in [0.4, 0.5) is 26.3 Å². The molecular weight excluding hydrogens is 431 g/mol. The highest BCUT2D eigenvalue weighted by atomic mass is 127. The van der Waals surface area contributed by atoms with E-state index in [0.717, 1.165) is 0 Å². The Balaban J connectivity index is 0. The van der Waals surface area contributed by atoms with Crippen LogP contribution in [0.15, 0.2) is 4.99 Å². The van der Waals surface area contributed by atoms with Gasteiger partial charge in [0.15, 0.2) is 5.96 Å². The van der Waals surface area contributed by atoms with Gasteiger partial charge < -0.3 is 15.4 Å². The highest BCUT2D eigenvalue weighted by molar-refractivity contribution is 14.0. The van der Waals surface area contributed by atoms with Gasteiger partial charge in [-0.1, -0.05) is 0 Å². The summed E-state index contributed by atoms with van der Waals surface area (Å²) in [5.41, 5.74) is 0. The Hall–Kier alpha value is -0.460. The lowest BCUT2D eigenvalue weighted by atomic mass is 10.4. The van der Waals surface area contributed by atoms with Gasteiger partial charge in [-0.15, -0.1) is 24.0 Å². The van der Waals surface area contributed by atoms with Crippen molar-refractivity contribution in [2.45, 2.75) is 32.1 Å². The summed E-state index contributed by atoms with van der Waals surface area (Å²) in [7, 11) is 0. The van der Waals surface area contributed by atoms with Crippen LogP contribution in [0.5, 0.6) is 0 Å². The number of hydrogen-bond acceptors (Lipinski definition) is 2. The second kappa shape index (κ2) is 12.0. The summed E-state index contributed by atoms with van der Waals surface area (Å²) >= 11 is 0. The van der Waals surface area contributed by atoms with E-state index in [1.807, 2.05) is 0 Å². The Bertz CT molecular complexity index is 309. The molecule has 0 aromatic heterocycles. The molecule has 0 aliphatic carbocycles. The number of alkyl halides is 6. The third kappa shape index (κ3) is 17.6. The second-order valence-corrected chi connectivity index (χ2v) is 4.07. The van der Waals surface area contributed by atoms with Gasteiger partial charge in [-0.25, -0.2) is 0 Å². The second-order valence-electron chi connectivity index (χ2n) is 4.07. The first kappa shape index (κ1) is 23.8. The van der Waals surface area contributed by atoms with Crippen molar-refractivity contribution in [1.82, 2.24) is 10.6 Å². The van der Waals surface area contributed by atoms with Gasteiger partial charge in [0.05, 0.1) is 6.42 Å². The monoisotopic (exact) mass is 451 g/mol. The van der Waals surface area contributed by atoms with Crippen molar-refractivity contribution >= 4 is 29.9 Å². The highest BCUT2D eigenvalue weighted by Gasteiger charge is 2.27. The van der Waals surface area contributed by atoms with Gasteiger partial charge in [0.25, 0.3) is 0 Å². The van der Waals surface area contributed by atoms with Crippen LogP contribution in [-0.4, -0.2) is 51.2 Å². The van der Waals surface area contributed by atoms with E-state index in [1.165, 1.54) is 0 Å². The maximum atomic E-state index is 12.0. The predicted molar refractivity (Wildman–Crippen MR) is 81.6 cm³/mol. The van der Waals surface area contributed by atoms with Crippen molar-refractivity contribution < 1.29 is 31.1 Å². The molecule has 4 nitrogen and oxygen atoms in total. The van der Waals surface area contributed by atoms with E-state index in [1.54, 1.807) is 6.92 Å². The van der Waals surface area contributed by atoms with Crippen molar-refractivity contribution in [3.63, 3.8) is 0 Å². The zero-order valence-electron chi connectivity index (χ0n) is 12.0. The van der Waals surface area contributed by atoms with Crippen LogP contribution in [-0.2, 0) is 4.74 Å². The van der Waals surface area contributed by atoms with Crippen LogP contribution >= 0.6 is 24.0 Å². The Morgan fingerprint density at radius 1 is 1.05 bits per heavy atom. The molecule has 0 aromatic rings. The average Bonchev–Trinajstić information content (AvgIpc) is 2.30. The average molecular weight is 451 g/mol. The summed E-state index contributed by atoms with van der Waals surface area (Å²) in [6.07, 6.45) is -9.37. The molecule has 0 heterocycles. The SMILES string of the molecule is CCNC(=NCCCOCC(F)(F)F)NCCC(F)(F)F.I. The van der Waals surface area contributed by atoms with Crippen LogP contribution < -0.4 is 10.6 Å². The molecule has 0 saturated heterocycles. The molecule has 0 radical (unpaired) electrons. The van der Waals surface area contributed by atoms with E-state index in [2.05, 4.69) is 20.4 Å². The number of halogens is 7. The van der Waals surface area contributed by atoms with Gasteiger partial charge in [-0.3, -0.25) is 4.99 Å². The fourth-order valence-corrected chi connectivity index (χ4v) is 1.21. The van der Waals surface area contributed by atoms with Crippen LogP contribution in [0.1, 0.15) is 19.8 Å². The summed E-state index contributed by atoms with van der Waals surface area (Å²) < 4.78 is 75.6. The summed E-state index contributed by atoms with van der Waals surface area (Å²) in [6, 6.07) is 0. The van der Waals surface area contributed by atoms with Crippen LogP contribution in [0, 0.1) is 0 Å². The van der Waals surface area contributed by atoms with Crippen molar-refractivity contribution in [3.05, 3.63) is 0 Å². The fourth-order valence-electron chi connectivity index (χ4n) is 1.21. The molecule has 0 aliphatic rings. The number of hydrogen-bond donors (Lipinski definition) is 2. The Labute approximate surface area is 142 Å². The Morgan fingerprint density at radius 2 is 1.68 bits per heavy atom. The number of nitrogens with zero attached hydrogens (tertiary/aromatic N) is 1. The number of rotatable bonds is 8. The molecule has 0 rings (SSSR count). The maximum absolute atomic E-state index is 12.0. The van der Waals surface area contributed by atoms with E-state index in [-0.39, 0.29) is 56.1 Å². The number of aliphatic imine (C=N–C) groups is 1. The predicted octanol–water partition coefficient (Wildman–Crippen LogP) is 3.08. The summed E-state index contributed by atoms with van der Waals surface area (Å²) in [5.74, 6) is 0.192. The Morgan fingerprint density at radius 3 is 2.18 bits per heavy atom. The molecule has 0 atom stereocenters. The number of nitrogens with one attached hydrogen (secondary N) is 2. The largest absolute Gasteiger partial charge is 0.411 e. The van der Waals surface area contributed by atoms with Gasteiger partial charge in [0.2, 0.25) is 0 Å². The molecule has 0 aromatic carbocycles. The van der Waals surface area contributed by atoms with Gasteiger partial charge in [-0.05, 0) is 13.3 Å². The van der Waals surface area contributed by atoms with Crippen molar-refractivity contribution in [2.75, 3.05) is 32.8 Å². The van der Waals surface area contributed by atoms with Gasteiger partial charge in [0.1, 0.15) is 6.61 Å². The first-order valence-electron chi connectivity index (χ1n) is 6.37. The van der Waals surface area contributed by atoms with Gasteiger partial charge in [0, 0.05) is 26.2 Å². The minimum absolute atomic E-state index is 0. The molecule has 0 spiro atoms. The minimum atomic E-state index is -4.36. The quantitative estimate of drug-likeness (QED) is 0.196. The lowest BCUT2D eigenvalue weighted by molar-refractivity contribution is -0.173. The fraction of sp³-hybridized carbons (Fsp3) is 0.909. The minimum Gasteiger partial charge on any atom is -0.372 e. The van der Waals surface area contributed by atoms with Gasteiger partial charge in [-0.2, -0.15) is 26.3 Å². The van der Waals surface area contributed by atoms with E-state index in [9.17, 15) is 26.3 Å². The topological polar surface area (TPSA) is 45.7 Å². The summed E-state index contributed by atoms with van der Waals surface area (Å²) in [6.45, 7) is 0.598. The molecule has 11 heteroatoms. The van der Waals surface area contributed by atoms with Crippen LogP contribution in [0.25, 0.3) is 0 Å². The van der Waals surface area contributed by atoms with E-state index < -0.39 is 25.4 Å². The molecule has 0 unspecified atom stereocenters. The zero-order valence-corrected chi connectivity index (χ0v) is 14.3. The van der Waals surface area contributed by atoms with Gasteiger partial charge >= 0.3 is 12.4 Å². The first-order chi connectivity index (χ1) is 9.64. The summed E-state index contributed by atoms with van der Waals surface area (Å²) in [4.78, 5) is 3.93. The molecule has 0 fully saturated rings. The zero-order chi connectivity index (χ0) is 16.4. The molecule has 134 valence electrons. The molecule has 0 amide bonds. The number of ether oxygens (including phenoxy) is 1. The lowest BCUT2D eigenvalue weighted by Gasteiger charge is -2.12. The third-order valence-electron chi connectivity index (χ3n) is 2.03. The molecular formula is C11H20F6IN3O. The van der Waals surface area contributed by atoms with Crippen molar-refractivity contribution in [2.24, 2.45) is 4.99 Å². The standard InChI is InChI=1S/C11H19F6N3O.HI/c1-2-18-9(20-6-4-10(12,13)14)19-5-3-7-21-8-11(15,16)17;/h2-8H2,1H3,(H2,18,19,20);1H. The molecule has 0 aliphatic heterocycles. The number of guanidine groups is 1. The van der Waals surface area contributed by atoms with E-state index in [4.69, 9.17) is 0 Å². The highest BCUT2D eigenvalue weighted by Crippen LogP contribution is 2.18. The van der Waals surface area contributed by atoms with Crippen LogP contribution in [0.3, 0.4) is 0 Å². The smallest absolute Gasteiger partial charge is 0.372 e. The lowest BCUT2D eigenvalue weighted by Crippen LogP contribution is -2.39. The van der Waals surface area contributed by atoms with Crippen molar-refractivity contribution in [1.29, 1.82) is 0 Å². The van der Waals surface area contributed by atoms with Crippen LogP contribution in [0.2, 0.25) is 0 Å². The molecule has 2 N–H and O–H groups in total. The normalized spacial score (nSPS) is 12.8. The van der Waals surface area contributed by atoms with E-state index >= 15 is 0 Å². The van der Waals surface area contributed by atoms with E-state index in [0.29, 0.717) is 6.54 Å². The third-order valence-corrected chi connectivity index (χ3v) is 2.03. The molecule has 0 bridgehead atoms.